The van der Waals surface area contributed by atoms with Crippen molar-refractivity contribution in [2.24, 2.45) is 50.2 Å². The van der Waals surface area contributed by atoms with E-state index in [1.807, 2.05) is 27.7 Å². The summed E-state index contributed by atoms with van der Waals surface area (Å²) in [7, 11) is 0. The molecule has 4 saturated carbocycles. The van der Waals surface area contributed by atoms with E-state index in [2.05, 4.69) is 52.9 Å². The maximum atomic E-state index is 14.6. The van der Waals surface area contributed by atoms with Crippen molar-refractivity contribution in [3.63, 3.8) is 0 Å². The van der Waals surface area contributed by atoms with E-state index in [1.165, 1.54) is 5.57 Å². The molecule has 1 unspecified atom stereocenters. The van der Waals surface area contributed by atoms with Gasteiger partial charge in [0.25, 0.3) is 5.91 Å². The van der Waals surface area contributed by atoms with Crippen molar-refractivity contribution in [3.05, 3.63) is 11.6 Å². The number of ketones is 1. The Balaban J connectivity index is 1.55. The summed E-state index contributed by atoms with van der Waals surface area (Å²) in [5.41, 5.74) is -0.495. The molecule has 2 amide bonds. The second-order valence-corrected chi connectivity index (χ2v) is 18.2. The van der Waals surface area contributed by atoms with Crippen LogP contribution in [0.2, 0.25) is 0 Å². The van der Waals surface area contributed by atoms with Crippen LogP contribution in [-0.4, -0.2) is 39.4 Å². The van der Waals surface area contributed by atoms with Gasteiger partial charge in [-0.15, -0.1) is 0 Å². The number of carbonyl (C=O) groups is 3. The van der Waals surface area contributed by atoms with Gasteiger partial charge in [0, 0.05) is 24.3 Å². The largest absolute Gasteiger partial charge is 0.353 e. The molecule has 4 fully saturated rings. The molecule has 6 heteroatoms. The molecule has 0 aromatic heterocycles. The molecule has 5 aliphatic rings. The lowest BCUT2D eigenvalue weighted by atomic mass is 9.33. The summed E-state index contributed by atoms with van der Waals surface area (Å²) in [6, 6.07) is 0.129. The van der Waals surface area contributed by atoms with Crippen LogP contribution < -0.4 is 5.32 Å². The zero-order chi connectivity index (χ0) is 31.5. The summed E-state index contributed by atoms with van der Waals surface area (Å²) in [6.07, 6.45) is 10.5. The number of rotatable bonds is 2. The molecule has 0 heterocycles. The quantitative estimate of drug-likeness (QED) is 0.261. The summed E-state index contributed by atoms with van der Waals surface area (Å²) in [5.74, 6) is 0.570. The van der Waals surface area contributed by atoms with Crippen molar-refractivity contribution in [2.45, 2.75) is 146 Å². The van der Waals surface area contributed by atoms with Crippen molar-refractivity contribution in [1.82, 2.24) is 10.4 Å². The fraction of sp³-hybridized carbons (Fsp3) is 0.861. The molecule has 0 saturated heterocycles. The summed E-state index contributed by atoms with van der Waals surface area (Å²) in [6.45, 7) is 23.5. The minimum absolute atomic E-state index is 0.0289. The average molecular weight is 583 g/mol. The van der Waals surface area contributed by atoms with Crippen LogP contribution in [0.3, 0.4) is 0 Å². The predicted octanol–water partition coefficient (Wildman–Crippen LogP) is 7.49. The molecule has 0 aliphatic heterocycles. The monoisotopic (exact) mass is 582 g/mol. The van der Waals surface area contributed by atoms with Crippen LogP contribution in [-0.2, 0) is 14.4 Å². The molecule has 6 nitrogen and oxygen atoms in total. The van der Waals surface area contributed by atoms with Crippen LogP contribution in [0.1, 0.15) is 134 Å². The number of allylic oxidation sites excluding steroid dienone is 2. The summed E-state index contributed by atoms with van der Waals surface area (Å²) in [4.78, 5) is 40.4. The lowest BCUT2D eigenvalue weighted by Crippen LogP contribution is -2.67. The van der Waals surface area contributed by atoms with E-state index >= 15 is 0 Å². The standard InChI is InChI=1S/C36H58N2O4/c1-22(39)37-27-13-14-34(9)26(31(27,5)6)12-15-36(11)28(34)25(40)20-23-24-21-33(8,29(41)38(42)30(2,3)4)17-16-32(24,7)18-19-35(23,36)10/h20,24,26-28,42H,12-19,21H2,1-11H3,(H,37,39)/t24-,26?,27-,28+,32+,33-,34-,35+,36+/m0/s1. The number of nitrogens with zero attached hydrogens (tertiary/aromatic N) is 1. The first-order valence-electron chi connectivity index (χ1n) is 16.6. The van der Waals surface area contributed by atoms with Crippen molar-refractivity contribution >= 4 is 17.6 Å². The Kier molecular flexibility index (Phi) is 7.11. The SMILES string of the molecule is CC(=O)N[C@H]1CC[C@@]2(C)C(CC[C@]3(C)[C@@H]2C(=O)C=C2[C@@H]4C[C@@](C)(C(=O)N(O)C(C)(C)C)CC[C@]4(C)CC[C@]23C)C1(C)C. The minimum atomic E-state index is -0.665. The summed E-state index contributed by atoms with van der Waals surface area (Å²) in [5, 5.41) is 15.1. The van der Waals surface area contributed by atoms with Crippen LogP contribution >= 0.6 is 0 Å². The second kappa shape index (κ2) is 9.41. The van der Waals surface area contributed by atoms with Gasteiger partial charge in [-0.2, -0.15) is 0 Å². The van der Waals surface area contributed by atoms with E-state index in [-0.39, 0.29) is 62.6 Å². The van der Waals surface area contributed by atoms with Crippen LogP contribution in [0, 0.1) is 50.2 Å². The molecule has 2 N–H and O–H groups in total. The van der Waals surface area contributed by atoms with Gasteiger partial charge in [0.2, 0.25) is 5.91 Å². The number of carbonyl (C=O) groups excluding carboxylic acids is 3. The van der Waals surface area contributed by atoms with E-state index in [1.54, 1.807) is 6.92 Å². The third-order valence-corrected chi connectivity index (χ3v) is 14.3. The highest BCUT2D eigenvalue weighted by Gasteiger charge is 2.70. The van der Waals surface area contributed by atoms with Gasteiger partial charge < -0.3 is 5.32 Å². The number of hydroxylamine groups is 2. The smallest absolute Gasteiger partial charge is 0.252 e. The minimum Gasteiger partial charge on any atom is -0.353 e. The van der Waals surface area contributed by atoms with Gasteiger partial charge in [-0.05, 0) is 124 Å². The van der Waals surface area contributed by atoms with Crippen LogP contribution in [0.25, 0.3) is 0 Å². The van der Waals surface area contributed by atoms with Gasteiger partial charge in [-0.1, -0.05) is 54.0 Å². The number of fused-ring (bicyclic) bond motifs is 7. The van der Waals surface area contributed by atoms with Crippen LogP contribution in [0.5, 0.6) is 0 Å². The van der Waals surface area contributed by atoms with Crippen LogP contribution in [0.15, 0.2) is 11.6 Å². The molecule has 0 aromatic rings. The Hall–Kier alpha value is -1.69. The maximum absolute atomic E-state index is 14.6. The van der Waals surface area contributed by atoms with Gasteiger partial charge in [-0.25, -0.2) is 5.06 Å². The van der Waals surface area contributed by atoms with Crippen molar-refractivity contribution < 1.29 is 19.6 Å². The highest BCUT2D eigenvalue weighted by atomic mass is 16.5. The van der Waals surface area contributed by atoms with E-state index in [9.17, 15) is 19.6 Å². The highest BCUT2D eigenvalue weighted by molar-refractivity contribution is 5.95. The van der Waals surface area contributed by atoms with Crippen molar-refractivity contribution in [1.29, 1.82) is 0 Å². The maximum Gasteiger partial charge on any atom is 0.252 e. The van der Waals surface area contributed by atoms with Gasteiger partial charge in [-0.3, -0.25) is 19.6 Å². The fourth-order valence-electron chi connectivity index (χ4n) is 11.4. The first-order valence-corrected chi connectivity index (χ1v) is 16.6. The fourth-order valence-corrected chi connectivity index (χ4v) is 11.4. The molecule has 5 rings (SSSR count). The predicted molar refractivity (Wildman–Crippen MR) is 165 cm³/mol. The zero-order valence-corrected chi connectivity index (χ0v) is 28.4. The lowest BCUT2D eigenvalue weighted by molar-refractivity contribution is -0.204. The van der Waals surface area contributed by atoms with E-state index in [0.717, 1.165) is 56.4 Å². The molecule has 0 aromatic carbocycles. The molecular weight excluding hydrogens is 524 g/mol. The van der Waals surface area contributed by atoms with Crippen molar-refractivity contribution in [2.75, 3.05) is 0 Å². The Morgan fingerprint density at radius 2 is 1.55 bits per heavy atom. The molecule has 42 heavy (non-hydrogen) atoms. The van der Waals surface area contributed by atoms with Gasteiger partial charge >= 0.3 is 0 Å². The topological polar surface area (TPSA) is 86.7 Å². The Bertz CT molecular complexity index is 1220. The number of nitrogens with one attached hydrogen (secondary N) is 1. The molecule has 9 atom stereocenters. The second-order valence-electron chi connectivity index (χ2n) is 18.2. The van der Waals surface area contributed by atoms with Gasteiger partial charge in [0.1, 0.15) is 0 Å². The van der Waals surface area contributed by atoms with E-state index < -0.39 is 11.0 Å². The number of amides is 2. The Morgan fingerprint density at radius 1 is 0.929 bits per heavy atom. The van der Waals surface area contributed by atoms with Crippen molar-refractivity contribution in [3.8, 4) is 0 Å². The van der Waals surface area contributed by atoms with Gasteiger partial charge in [0.15, 0.2) is 5.78 Å². The molecule has 0 bridgehead atoms. The third-order valence-electron chi connectivity index (χ3n) is 14.3. The number of hydrogen-bond donors (Lipinski definition) is 2. The molecule has 0 radical (unpaired) electrons. The summed E-state index contributed by atoms with van der Waals surface area (Å²) >= 11 is 0. The first kappa shape index (κ1) is 31.7. The normalized spacial score (nSPS) is 46.3. The third kappa shape index (κ3) is 4.23. The van der Waals surface area contributed by atoms with Gasteiger partial charge in [0.05, 0.1) is 5.54 Å². The molecule has 236 valence electrons. The van der Waals surface area contributed by atoms with Crippen LogP contribution in [0.4, 0.5) is 0 Å². The Morgan fingerprint density at radius 3 is 2.14 bits per heavy atom. The van der Waals surface area contributed by atoms with E-state index in [4.69, 9.17) is 0 Å². The lowest BCUT2D eigenvalue weighted by Gasteiger charge is -2.70. The average Bonchev–Trinajstić information content (AvgIpc) is 2.86. The highest BCUT2D eigenvalue weighted by Crippen LogP contribution is 2.75. The molecular formula is C36H58N2O4. The Labute approximate surface area is 254 Å². The summed E-state index contributed by atoms with van der Waals surface area (Å²) < 4.78 is 0. The number of hydrogen-bond acceptors (Lipinski definition) is 4. The van der Waals surface area contributed by atoms with E-state index in [0.29, 0.717) is 12.3 Å². The molecule has 5 aliphatic carbocycles. The zero-order valence-electron chi connectivity index (χ0n) is 28.4. The molecule has 0 spiro atoms. The first-order chi connectivity index (χ1) is 19.1.